The highest BCUT2D eigenvalue weighted by Crippen LogP contribution is 2.26. The van der Waals surface area contributed by atoms with E-state index in [1.165, 1.54) is 6.92 Å². The van der Waals surface area contributed by atoms with Gasteiger partial charge in [-0.05, 0) is 42.8 Å². The molecule has 0 aromatic heterocycles. The molecule has 0 radical (unpaired) electrons. The van der Waals surface area contributed by atoms with E-state index in [1.54, 1.807) is 36.0 Å². The Hall–Kier alpha value is -2.27. The van der Waals surface area contributed by atoms with Gasteiger partial charge < -0.3 is 10.6 Å². The molecule has 0 aliphatic carbocycles. The number of amides is 2. The van der Waals surface area contributed by atoms with E-state index in [0.29, 0.717) is 5.69 Å². The van der Waals surface area contributed by atoms with Crippen molar-refractivity contribution in [2.75, 3.05) is 10.6 Å². The molecule has 120 valence electrons. The van der Waals surface area contributed by atoms with Crippen LogP contribution >= 0.6 is 11.8 Å². The van der Waals surface area contributed by atoms with Gasteiger partial charge in [0.05, 0.1) is 5.25 Å². The van der Waals surface area contributed by atoms with E-state index in [1.807, 2.05) is 37.3 Å². The molecule has 0 bridgehead atoms. The van der Waals surface area contributed by atoms with Gasteiger partial charge in [0.1, 0.15) is 0 Å². The van der Waals surface area contributed by atoms with Crippen LogP contribution in [0, 0.1) is 0 Å². The molecule has 2 amide bonds. The van der Waals surface area contributed by atoms with Crippen LogP contribution in [0.1, 0.15) is 20.3 Å². The summed E-state index contributed by atoms with van der Waals surface area (Å²) in [5, 5.41) is 5.47. The Morgan fingerprint density at radius 1 is 0.957 bits per heavy atom. The number of rotatable bonds is 6. The number of hydrogen-bond acceptors (Lipinski definition) is 3. The van der Waals surface area contributed by atoms with E-state index in [4.69, 9.17) is 0 Å². The second-order valence-electron chi connectivity index (χ2n) is 5.08. The maximum absolute atomic E-state index is 12.4. The smallest absolute Gasteiger partial charge is 0.237 e. The van der Waals surface area contributed by atoms with Crippen LogP contribution in [0.3, 0.4) is 0 Å². The normalized spacial score (nSPS) is 11.6. The van der Waals surface area contributed by atoms with E-state index < -0.39 is 0 Å². The summed E-state index contributed by atoms with van der Waals surface area (Å²) < 4.78 is 0. The topological polar surface area (TPSA) is 58.2 Å². The number of hydrogen-bond donors (Lipinski definition) is 2. The maximum atomic E-state index is 12.4. The molecule has 23 heavy (non-hydrogen) atoms. The number of benzene rings is 2. The van der Waals surface area contributed by atoms with Crippen molar-refractivity contribution >= 4 is 35.0 Å². The number of thioether (sulfide) groups is 1. The van der Waals surface area contributed by atoms with E-state index in [9.17, 15) is 9.59 Å². The molecule has 0 saturated heterocycles. The summed E-state index contributed by atoms with van der Waals surface area (Å²) in [4.78, 5) is 24.5. The molecular formula is C18H20N2O2S. The molecule has 0 heterocycles. The van der Waals surface area contributed by atoms with Crippen LogP contribution in [0.15, 0.2) is 59.5 Å². The third kappa shape index (κ3) is 5.45. The Bertz CT molecular complexity index is 656. The maximum Gasteiger partial charge on any atom is 0.237 e. The van der Waals surface area contributed by atoms with Gasteiger partial charge in [0.25, 0.3) is 0 Å². The molecule has 0 fully saturated rings. The molecule has 0 aliphatic heterocycles. The van der Waals surface area contributed by atoms with Gasteiger partial charge >= 0.3 is 0 Å². The van der Waals surface area contributed by atoms with Crippen molar-refractivity contribution in [2.24, 2.45) is 0 Å². The third-order valence-electron chi connectivity index (χ3n) is 3.16. The summed E-state index contributed by atoms with van der Waals surface area (Å²) in [6, 6.07) is 17.0. The van der Waals surface area contributed by atoms with E-state index in [2.05, 4.69) is 10.6 Å². The molecule has 2 N–H and O–H groups in total. The molecule has 0 aliphatic rings. The second kappa shape index (κ2) is 8.39. The first-order chi connectivity index (χ1) is 11.1. The molecule has 0 spiro atoms. The van der Waals surface area contributed by atoms with Gasteiger partial charge in [-0.1, -0.05) is 25.1 Å². The minimum atomic E-state index is -0.146. The number of anilines is 2. The van der Waals surface area contributed by atoms with Crippen LogP contribution < -0.4 is 10.6 Å². The molecule has 1 unspecified atom stereocenters. The standard InChI is InChI=1S/C18H20N2O2S/c1-3-17(23-16-7-5-4-6-8-16)18(22)20-15-11-9-14(10-12-15)19-13(2)21/h4-12,17H,3H2,1-2H3,(H,19,21)(H,20,22). The van der Waals surface area contributed by atoms with Crippen LogP contribution in [0.5, 0.6) is 0 Å². The zero-order valence-corrected chi connectivity index (χ0v) is 14.0. The van der Waals surface area contributed by atoms with Gasteiger partial charge in [-0.2, -0.15) is 0 Å². The Morgan fingerprint density at radius 2 is 1.52 bits per heavy atom. The summed E-state index contributed by atoms with van der Waals surface area (Å²) in [7, 11) is 0. The van der Waals surface area contributed by atoms with Gasteiger partial charge in [-0.15, -0.1) is 11.8 Å². The highest BCUT2D eigenvalue weighted by molar-refractivity contribution is 8.00. The summed E-state index contributed by atoms with van der Waals surface area (Å²) in [5.74, 6) is -0.138. The summed E-state index contributed by atoms with van der Waals surface area (Å²) in [6.07, 6.45) is 0.745. The van der Waals surface area contributed by atoms with Gasteiger partial charge in [0.2, 0.25) is 11.8 Å². The Morgan fingerprint density at radius 3 is 2.04 bits per heavy atom. The van der Waals surface area contributed by atoms with Crippen LogP contribution in [0.25, 0.3) is 0 Å². The summed E-state index contributed by atoms with van der Waals surface area (Å²) in [6.45, 7) is 3.46. The SMILES string of the molecule is CCC(Sc1ccccc1)C(=O)Nc1ccc(NC(C)=O)cc1. The quantitative estimate of drug-likeness (QED) is 0.783. The second-order valence-corrected chi connectivity index (χ2v) is 6.35. The third-order valence-corrected chi connectivity index (χ3v) is 4.53. The fourth-order valence-corrected chi connectivity index (χ4v) is 3.02. The molecular weight excluding hydrogens is 308 g/mol. The molecule has 2 aromatic rings. The fourth-order valence-electron chi connectivity index (χ4n) is 2.05. The predicted octanol–water partition coefficient (Wildman–Crippen LogP) is 4.15. The lowest BCUT2D eigenvalue weighted by Crippen LogP contribution is -2.24. The Balaban J connectivity index is 1.97. The van der Waals surface area contributed by atoms with Crippen LogP contribution in [-0.4, -0.2) is 17.1 Å². The zero-order chi connectivity index (χ0) is 16.7. The van der Waals surface area contributed by atoms with Crippen molar-refractivity contribution in [1.29, 1.82) is 0 Å². The average molecular weight is 328 g/mol. The van der Waals surface area contributed by atoms with Crippen molar-refractivity contribution in [3.05, 3.63) is 54.6 Å². The molecule has 5 heteroatoms. The van der Waals surface area contributed by atoms with E-state index >= 15 is 0 Å². The van der Waals surface area contributed by atoms with Gasteiger partial charge in [0.15, 0.2) is 0 Å². The number of nitrogens with one attached hydrogen (secondary N) is 2. The molecule has 2 rings (SSSR count). The monoisotopic (exact) mass is 328 g/mol. The molecule has 2 aromatic carbocycles. The van der Waals surface area contributed by atoms with Crippen molar-refractivity contribution in [1.82, 2.24) is 0 Å². The minimum Gasteiger partial charge on any atom is -0.326 e. The first kappa shape index (κ1) is 17.1. The first-order valence-corrected chi connectivity index (χ1v) is 8.36. The van der Waals surface area contributed by atoms with Crippen molar-refractivity contribution in [3.8, 4) is 0 Å². The Kier molecular flexibility index (Phi) is 6.23. The molecule has 1 atom stereocenters. The van der Waals surface area contributed by atoms with E-state index in [-0.39, 0.29) is 17.1 Å². The van der Waals surface area contributed by atoms with Gasteiger partial charge in [-0.3, -0.25) is 9.59 Å². The average Bonchev–Trinajstić information content (AvgIpc) is 2.55. The fraction of sp³-hybridized carbons (Fsp3) is 0.222. The number of carbonyl (C=O) groups excluding carboxylic acids is 2. The van der Waals surface area contributed by atoms with Gasteiger partial charge in [-0.25, -0.2) is 0 Å². The largest absolute Gasteiger partial charge is 0.326 e. The lowest BCUT2D eigenvalue weighted by atomic mass is 10.2. The summed E-state index contributed by atoms with van der Waals surface area (Å²) >= 11 is 1.56. The van der Waals surface area contributed by atoms with Crippen molar-refractivity contribution in [3.63, 3.8) is 0 Å². The zero-order valence-electron chi connectivity index (χ0n) is 13.2. The minimum absolute atomic E-state index is 0.0198. The highest BCUT2D eigenvalue weighted by Gasteiger charge is 2.17. The lowest BCUT2D eigenvalue weighted by molar-refractivity contribution is -0.116. The molecule has 4 nitrogen and oxygen atoms in total. The van der Waals surface area contributed by atoms with Crippen LogP contribution in [0.2, 0.25) is 0 Å². The highest BCUT2D eigenvalue weighted by atomic mass is 32.2. The Labute approximate surface area is 140 Å². The van der Waals surface area contributed by atoms with Crippen LogP contribution in [0.4, 0.5) is 11.4 Å². The lowest BCUT2D eigenvalue weighted by Gasteiger charge is -2.15. The number of carbonyl (C=O) groups is 2. The van der Waals surface area contributed by atoms with Crippen LogP contribution in [-0.2, 0) is 9.59 Å². The van der Waals surface area contributed by atoms with E-state index in [0.717, 1.165) is 17.0 Å². The van der Waals surface area contributed by atoms with Gasteiger partial charge in [0, 0.05) is 23.2 Å². The molecule has 0 saturated carbocycles. The van der Waals surface area contributed by atoms with Crippen molar-refractivity contribution < 1.29 is 9.59 Å². The van der Waals surface area contributed by atoms with Crippen molar-refractivity contribution in [2.45, 2.75) is 30.4 Å². The predicted molar refractivity (Wildman–Crippen MR) is 95.8 cm³/mol. The summed E-state index contributed by atoms with van der Waals surface area (Å²) in [5.41, 5.74) is 1.43. The first-order valence-electron chi connectivity index (χ1n) is 7.48.